The van der Waals surface area contributed by atoms with Gasteiger partial charge in [0.15, 0.2) is 0 Å². The van der Waals surface area contributed by atoms with Crippen LogP contribution < -0.4 is 5.73 Å². The first-order chi connectivity index (χ1) is 7.55. The van der Waals surface area contributed by atoms with Crippen LogP contribution >= 0.6 is 0 Å². The molecule has 1 rings (SSSR count). The zero-order valence-electron chi connectivity index (χ0n) is 11.6. The summed E-state index contributed by atoms with van der Waals surface area (Å²) in [5, 5.41) is 0. The van der Waals surface area contributed by atoms with Crippen molar-refractivity contribution in [3.63, 3.8) is 0 Å². The Balaban J connectivity index is 2.68. The Bertz CT molecular complexity index is 203. The Kier molecular flexibility index (Phi) is 5.26. The summed E-state index contributed by atoms with van der Waals surface area (Å²) in [6, 6.07) is 0. The molecule has 0 bridgehead atoms. The van der Waals surface area contributed by atoms with Gasteiger partial charge in [0.05, 0.1) is 0 Å². The van der Waals surface area contributed by atoms with Gasteiger partial charge in [0.1, 0.15) is 0 Å². The van der Waals surface area contributed by atoms with Gasteiger partial charge in [-0.25, -0.2) is 0 Å². The minimum Gasteiger partial charge on any atom is -0.329 e. The van der Waals surface area contributed by atoms with E-state index < -0.39 is 0 Å². The lowest BCUT2D eigenvalue weighted by Crippen LogP contribution is -2.51. The van der Waals surface area contributed by atoms with Crippen LogP contribution in [0.2, 0.25) is 0 Å². The van der Waals surface area contributed by atoms with Crippen LogP contribution in [-0.4, -0.2) is 30.6 Å². The molecule has 2 N–H and O–H groups in total. The maximum absolute atomic E-state index is 6.06. The van der Waals surface area contributed by atoms with Crippen LogP contribution in [0.4, 0.5) is 0 Å². The third-order valence-corrected chi connectivity index (χ3v) is 4.80. The Morgan fingerprint density at radius 3 is 2.50 bits per heavy atom. The molecule has 0 radical (unpaired) electrons. The van der Waals surface area contributed by atoms with Crippen molar-refractivity contribution < 1.29 is 0 Å². The molecule has 2 atom stereocenters. The predicted molar refractivity (Wildman–Crippen MR) is 71.5 cm³/mol. The number of likely N-dealkylation sites (N-methyl/N-ethyl adjacent to an activating group) is 1. The maximum Gasteiger partial charge on any atom is 0.0328 e. The van der Waals surface area contributed by atoms with Crippen molar-refractivity contribution in [2.45, 2.75) is 58.4 Å². The number of rotatable bonds is 4. The van der Waals surface area contributed by atoms with Crippen LogP contribution in [0.25, 0.3) is 0 Å². The summed E-state index contributed by atoms with van der Waals surface area (Å²) in [6.45, 7) is 8.90. The number of nitrogens with two attached hydrogens (primary N) is 1. The van der Waals surface area contributed by atoms with Crippen LogP contribution in [0.15, 0.2) is 0 Å². The van der Waals surface area contributed by atoms with Crippen LogP contribution in [-0.2, 0) is 0 Å². The summed E-state index contributed by atoms with van der Waals surface area (Å²) in [4.78, 5) is 2.48. The van der Waals surface area contributed by atoms with Crippen LogP contribution in [0.5, 0.6) is 0 Å². The number of hydrogen-bond acceptors (Lipinski definition) is 2. The summed E-state index contributed by atoms with van der Waals surface area (Å²) in [5.74, 6) is 1.75. The highest BCUT2D eigenvalue weighted by molar-refractivity contribution is 4.93. The van der Waals surface area contributed by atoms with Crippen molar-refractivity contribution in [3.8, 4) is 0 Å². The monoisotopic (exact) mass is 226 g/mol. The first-order valence-electron chi connectivity index (χ1n) is 6.97. The van der Waals surface area contributed by atoms with Gasteiger partial charge < -0.3 is 5.73 Å². The van der Waals surface area contributed by atoms with E-state index in [1.165, 1.54) is 32.1 Å². The third-order valence-electron chi connectivity index (χ3n) is 4.80. The van der Waals surface area contributed by atoms with Crippen molar-refractivity contribution in [3.05, 3.63) is 0 Å². The molecule has 1 aliphatic carbocycles. The van der Waals surface area contributed by atoms with Gasteiger partial charge in [-0.05, 0) is 44.7 Å². The second-order valence-corrected chi connectivity index (χ2v) is 5.88. The fraction of sp³-hybridized carbons (Fsp3) is 1.00. The molecule has 0 saturated heterocycles. The summed E-state index contributed by atoms with van der Waals surface area (Å²) >= 11 is 0. The fourth-order valence-corrected chi connectivity index (χ4v) is 3.16. The van der Waals surface area contributed by atoms with Crippen LogP contribution in [0.3, 0.4) is 0 Å². The molecule has 96 valence electrons. The lowest BCUT2D eigenvalue weighted by atomic mass is 9.85. The quantitative estimate of drug-likeness (QED) is 0.747. The van der Waals surface area contributed by atoms with E-state index in [0.29, 0.717) is 5.54 Å². The van der Waals surface area contributed by atoms with Crippen molar-refractivity contribution in [1.82, 2.24) is 4.90 Å². The van der Waals surface area contributed by atoms with Gasteiger partial charge in [-0.3, -0.25) is 4.90 Å². The largest absolute Gasteiger partial charge is 0.329 e. The summed E-state index contributed by atoms with van der Waals surface area (Å²) in [7, 11) is 2.24. The molecule has 0 spiro atoms. The smallest absolute Gasteiger partial charge is 0.0328 e. The standard InChI is InChI=1S/C14H30N2/c1-5-16(4)14(11-15)9-6-7-13(8-10-14)12(2)3/h12-13H,5-11,15H2,1-4H3. The first-order valence-corrected chi connectivity index (χ1v) is 6.97. The fourth-order valence-electron chi connectivity index (χ4n) is 3.16. The molecule has 16 heavy (non-hydrogen) atoms. The molecular weight excluding hydrogens is 196 g/mol. The van der Waals surface area contributed by atoms with E-state index in [4.69, 9.17) is 5.73 Å². The highest BCUT2D eigenvalue weighted by Gasteiger charge is 2.35. The Morgan fingerprint density at radius 2 is 2.00 bits per heavy atom. The molecule has 2 unspecified atom stereocenters. The lowest BCUT2D eigenvalue weighted by molar-refractivity contribution is 0.111. The lowest BCUT2D eigenvalue weighted by Gasteiger charge is -2.40. The SMILES string of the molecule is CCN(C)C1(CN)CCCC(C(C)C)CC1. The molecular formula is C14H30N2. The average molecular weight is 226 g/mol. The second kappa shape index (κ2) is 6.02. The van der Waals surface area contributed by atoms with E-state index in [0.717, 1.165) is 24.9 Å². The van der Waals surface area contributed by atoms with E-state index in [9.17, 15) is 0 Å². The topological polar surface area (TPSA) is 29.3 Å². The normalized spacial score (nSPS) is 32.1. The summed E-state index contributed by atoms with van der Waals surface area (Å²) in [6.07, 6.45) is 6.69. The molecule has 0 amide bonds. The van der Waals surface area contributed by atoms with E-state index in [-0.39, 0.29) is 0 Å². The minimum atomic E-state index is 0.290. The maximum atomic E-state index is 6.06. The molecule has 2 nitrogen and oxygen atoms in total. The summed E-state index contributed by atoms with van der Waals surface area (Å²) in [5.41, 5.74) is 6.35. The Hall–Kier alpha value is -0.0800. The first kappa shape index (κ1) is 14.0. The number of nitrogens with zero attached hydrogens (tertiary/aromatic N) is 1. The number of hydrogen-bond donors (Lipinski definition) is 1. The van der Waals surface area contributed by atoms with Gasteiger partial charge in [0.25, 0.3) is 0 Å². The van der Waals surface area contributed by atoms with E-state index in [1.54, 1.807) is 0 Å². The van der Waals surface area contributed by atoms with E-state index in [1.807, 2.05) is 0 Å². The highest BCUT2D eigenvalue weighted by atomic mass is 15.2. The van der Waals surface area contributed by atoms with Crippen LogP contribution in [0, 0.1) is 11.8 Å². The molecule has 0 heterocycles. The molecule has 1 aliphatic rings. The Labute approximate surface area is 102 Å². The average Bonchev–Trinajstić information content (AvgIpc) is 2.51. The van der Waals surface area contributed by atoms with Gasteiger partial charge in [0, 0.05) is 12.1 Å². The van der Waals surface area contributed by atoms with Crippen LogP contribution in [0.1, 0.15) is 52.9 Å². The van der Waals surface area contributed by atoms with Gasteiger partial charge in [-0.15, -0.1) is 0 Å². The Morgan fingerprint density at radius 1 is 1.31 bits per heavy atom. The molecule has 0 aromatic rings. The molecule has 1 fully saturated rings. The summed E-state index contributed by atoms with van der Waals surface area (Å²) < 4.78 is 0. The second-order valence-electron chi connectivity index (χ2n) is 5.88. The van der Waals surface area contributed by atoms with Crippen molar-refractivity contribution >= 4 is 0 Å². The highest BCUT2D eigenvalue weighted by Crippen LogP contribution is 2.36. The zero-order valence-corrected chi connectivity index (χ0v) is 11.6. The van der Waals surface area contributed by atoms with Crippen molar-refractivity contribution in [2.24, 2.45) is 17.6 Å². The molecule has 0 aromatic heterocycles. The molecule has 2 heteroatoms. The minimum absolute atomic E-state index is 0.290. The molecule has 0 aliphatic heterocycles. The van der Waals surface area contributed by atoms with Crippen molar-refractivity contribution in [2.75, 3.05) is 20.1 Å². The van der Waals surface area contributed by atoms with Gasteiger partial charge in [-0.2, -0.15) is 0 Å². The third kappa shape index (κ3) is 2.98. The van der Waals surface area contributed by atoms with Crippen molar-refractivity contribution in [1.29, 1.82) is 0 Å². The zero-order chi connectivity index (χ0) is 12.2. The predicted octanol–water partition coefficient (Wildman–Crippen LogP) is 2.87. The van der Waals surface area contributed by atoms with Gasteiger partial charge in [0.2, 0.25) is 0 Å². The van der Waals surface area contributed by atoms with E-state index >= 15 is 0 Å². The molecule has 0 aromatic carbocycles. The van der Waals surface area contributed by atoms with E-state index in [2.05, 4.69) is 32.7 Å². The molecule has 1 saturated carbocycles. The van der Waals surface area contributed by atoms with Gasteiger partial charge >= 0.3 is 0 Å². The van der Waals surface area contributed by atoms with Gasteiger partial charge in [-0.1, -0.05) is 33.6 Å².